The average Bonchev–Trinajstić information content (AvgIpc) is 2.47. The molecule has 80 valence electrons. The van der Waals surface area contributed by atoms with Crippen LogP contribution in [-0.4, -0.2) is 11.1 Å². The summed E-state index contributed by atoms with van der Waals surface area (Å²) in [4.78, 5) is 14.9. The molecule has 4 heteroatoms. The maximum absolute atomic E-state index is 11.4. The van der Waals surface area contributed by atoms with E-state index in [0.29, 0.717) is 11.3 Å². The first-order valence-corrected chi connectivity index (χ1v) is 5.00. The monoisotopic (exact) mass is 223 g/mol. The van der Waals surface area contributed by atoms with E-state index in [1.807, 2.05) is 20.8 Å². The van der Waals surface area contributed by atoms with E-state index in [-0.39, 0.29) is 5.41 Å². The number of carbonyl (C=O) groups is 1. The van der Waals surface area contributed by atoms with E-state index in [2.05, 4.69) is 22.4 Å². The first-order valence-electron chi connectivity index (χ1n) is 4.59. The average molecular weight is 223 g/mol. The normalized spacial score (nSPS) is 10.9. The number of hydrogen-bond donors (Lipinski definition) is 0. The van der Waals surface area contributed by atoms with Crippen molar-refractivity contribution in [3.8, 4) is 0 Å². The molecule has 1 rings (SSSR count). The van der Waals surface area contributed by atoms with Gasteiger partial charge in [0.05, 0.1) is 10.7 Å². The quantitative estimate of drug-likeness (QED) is 0.542. The summed E-state index contributed by atoms with van der Waals surface area (Å²) in [5, 5.41) is 2.06. The molecule has 0 saturated carbocycles. The second-order valence-corrected chi connectivity index (χ2v) is 4.52. The van der Waals surface area contributed by atoms with Gasteiger partial charge in [-0.25, -0.2) is 0 Å². The third kappa shape index (κ3) is 2.61. The Kier molecular flexibility index (Phi) is 3.22. The summed E-state index contributed by atoms with van der Waals surface area (Å²) >= 11 is 4.38. The number of carbonyl (C=O) groups excluding carboxylic acids is 1. The standard InChI is InChI=1S/C11H13NO2S/c1-7-8(10(13)12-6-15)5-9(14-7)11(2,3)4/h5H,1-4H3. The zero-order chi connectivity index (χ0) is 11.6. The van der Waals surface area contributed by atoms with Gasteiger partial charge >= 0.3 is 0 Å². The number of aryl methyl sites for hydroxylation is 1. The van der Waals surface area contributed by atoms with Gasteiger partial charge in [0.1, 0.15) is 11.5 Å². The highest BCUT2D eigenvalue weighted by molar-refractivity contribution is 7.78. The van der Waals surface area contributed by atoms with Crippen molar-refractivity contribution >= 4 is 23.3 Å². The third-order valence-corrected chi connectivity index (χ3v) is 2.13. The smallest absolute Gasteiger partial charge is 0.289 e. The fourth-order valence-corrected chi connectivity index (χ4v) is 1.25. The lowest BCUT2D eigenvalue weighted by molar-refractivity contribution is 0.100. The minimum atomic E-state index is -0.401. The van der Waals surface area contributed by atoms with Gasteiger partial charge in [-0.15, -0.1) is 0 Å². The van der Waals surface area contributed by atoms with Crippen LogP contribution in [0.25, 0.3) is 0 Å². The molecule has 0 aliphatic rings. The van der Waals surface area contributed by atoms with Gasteiger partial charge in [0.25, 0.3) is 5.91 Å². The van der Waals surface area contributed by atoms with E-state index in [4.69, 9.17) is 4.42 Å². The van der Waals surface area contributed by atoms with E-state index >= 15 is 0 Å². The summed E-state index contributed by atoms with van der Waals surface area (Å²) < 4.78 is 5.50. The van der Waals surface area contributed by atoms with Crippen molar-refractivity contribution in [2.75, 3.05) is 0 Å². The van der Waals surface area contributed by atoms with Crippen molar-refractivity contribution in [1.82, 2.24) is 0 Å². The molecule has 0 atom stereocenters. The maximum Gasteiger partial charge on any atom is 0.289 e. The Bertz CT molecular complexity index is 434. The molecule has 0 bridgehead atoms. The molecule has 0 fully saturated rings. The number of rotatable bonds is 1. The predicted octanol–water partition coefficient (Wildman–Crippen LogP) is 3.13. The molecule has 1 aromatic heterocycles. The Morgan fingerprint density at radius 2 is 2.13 bits per heavy atom. The van der Waals surface area contributed by atoms with Gasteiger partial charge in [-0.1, -0.05) is 20.8 Å². The van der Waals surface area contributed by atoms with E-state index in [0.717, 1.165) is 5.76 Å². The summed E-state index contributed by atoms with van der Waals surface area (Å²) in [6, 6.07) is 1.72. The number of amides is 1. The molecule has 1 heterocycles. The highest BCUT2D eigenvalue weighted by atomic mass is 32.1. The molecule has 1 aromatic rings. The molecule has 0 spiro atoms. The molecule has 0 aromatic carbocycles. The Morgan fingerprint density at radius 3 is 2.53 bits per heavy atom. The summed E-state index contributed by atoms with van der Waals surface area (Å²) in [6.07, 6.45) is 0. The molecular formula is C11H13NO2S. The van der Waals surface area contributed by atoms with E-state index < -0.39 is 5.91 Å². The first kappa shape index (κ1) is 11.8. The predicted molar refractivity (Wildman–Crippen MR) is 61.5 cm³/mol. The molecule has 0 aliphatic carbocycles. The Balaban J connectivity index is 3.18. The van der Waals surface area contributed by atoms with Gasteiger partial charge < -0.3 is 4.42 Å². The molecule has 0 aliphatic heterocycles. The lowest BCUT2D eigenvalue weighted by Gasteiger charge is -2.13. The van der Waals surface area contributed by atoms with Crippen LogP contribution >= 0.6 is 12.2 Å². The topological polar surface area (TPSA) is 42.6 Å². The van der Waals surface area contributed by atoms with Crippen LogP contribution in [0.2, 0.25) is 0 Å². The molecule has 0 N–H and O–H groups in total. The van der Waals surface area contributed by atoms with Gasteiger partial charge in [-0.05, 0) is 25.2 Å². The highest BCUT2D eigenvalue weighted by Crippen LogP contribution is 2.27. The Labute approximate surface area is 94.2 Å². The highest BCUT2D eigenvalue weighted by Gasteiger charge is 2.22. The fraction of sp³-hybridized carbons (Fsp3) is 0.455. The first-order chi connectivity index (χ1) is 6.86. The number of aliphatic imine (C=N–C) groups is 1. The van der Waals surface area contributed by atoms with Crippen LogP contribution in [0.1, 0.15) is 42.6 Å². The second-order valence-electron chi connectivity index (χ2n) is 4.34. The van der Waals surface area contributed by atoms with Gasteiger partial charge in [0.15, 0.2) is 0 Å². The van der Waals surface area contributed by atoms with Crippen molar-refractivity contribution < 1.29 is 9.21 Å². The SMILES string of the molecule is Cc1oc(C(C)(C)C)cc1C(=O)N=C=S. The van der Waals surface area contributed by atoms with Crippen LogP contribution in [-0.2, 0) is 5.41 Å². The van der Waals surface area contributed by atoms with E-state index in [9.17, 15) is 4.79 Å². The van der Waals surface area contributed by atoms with Crippen LogP contribution in [0, 0.1) is 6.92 Å². The third-order valence-electron chi connectivity index (χ3n) is 2.03. The Morgan fingerprint density at radius 1 is 1.53 bits per heavy atom. The zero-order valence-corrected chi connectivity index (χ0v) is 10.1. The van der Waals surface area contributed by atoms with Gasteiger partial charge in [-0.3, -0.25) is 4.79 Å². The number of nitrogens with zero attached hydrogens (tertiary/aromatic N) is 1. The molecule has 0 unspecified atom stereocenters. The van der Waals surface area contributed by atoms with Crippen molar-refractivity contribution in [1.29, 1.82) is 0 Å². The second kappa shape index (κ2) is 4.09. The minimum Gasteiger partial charge on any atom is -0.465 e. The lowest BCUT2D eigenvalue weighted by atomic mass is 9.93. The Hall–Kier alpha value is -1.25. The molecule has 0 radical (unpaired) electrons. The van der Waals surface area contributed by atoms with E-state index in [1.54, 1.807) is 13.0 Å². The van der Waals surface area contributed by atoms with Crippen LogP contribution in [0.5, 0.6) is 0 Å². The number of hydrogen-bond acceptors (Lipinski definition) is 3. The van der Waals surface area contributed by atoms with Crippen molar-refractivity contribution in [2.24, 2.45) is 4.99 Å². The van der Waals surface area contributed by atoms with Crippen molar-refractivity contribution in [2.45, 2.75) is 33.1 Å². The number of thiocarbonyl (C=S) groups is 1. The summed E-state index contributed by atoms with van der Waals surface area (Å²) in [6.45, 7) is 7.79. The van der Waals surface area contributed by atoms with Crippen LogP contribution in [0.15, 0.2) is 15.5 Å². The molecule has 1 amide bonds. The van der Waals surface area contributed by atoms with Crippen molar-refractivity contribution in [3.05, 3.63) is 23.2 Å². The van der Waals surface area contributed by atoms with Gasteiger partial charge in [-0.2, -0.15) is 4.99 Å². The summed E-state index contributed by atoms with van der Waals surface area (Å²) in [5.74, 6) is 0.934. The largest absolute Gasteiger partial charge is 0.465 e. The molecular weight excluding hydrogens is 210 g/mol. The lowest BCUT2D eigenvalue weighted by Crippen LogP contribution is -2.09. The van der Waals surface area contributed by atoms with Gasteiger partial charge in [0.2, 0.25) is 0 Å². The number of isothiocyanates is 1. The molecule has 0 saturated heterocycles. The van der Waals surface area contributed by atoms with E-state index in [1.165, 1.54) is 0 Å². The summed E-state index contributed by atoms with van der Waals surface area (Å²) in [7, 11) is 0. The van der Waals surface area contributed by atoms with Crippen LogP contribution < -0.4 is 0 Å². The fourth-order valence-electron chi connectivity index (χ4n) is 1.17. The molecule has 3 nitrogen and oxygen atoms in total. The van der Waals surface area contributed by atoms with Crippen LogP contribution in [0.4, 0.5) is 0 Å². The maximum atomic E-state index is 11.4. The van der Waals surface area contributed by atoms with Crippen molar-refractivity contribution in [3.63, 3.8) is 0 Å². The minimum absolute atomic E-state index is 0.120. The summed E-state index contributed by atoms with van der Waals surface area (Å²) in [5.41, 5.74) is 0.335. The zero-order valence-electron chi connectivity index (χ0n) is 9.25. The molecule has 15 heavy (non-hydrogen) atoms. The van der Waals surface area contributed by atoms with Crippen LogP contribution in [0.3, 0.4) is 0 Å². The van der Waals surface area contributed by atoms with Gasteiger partial charge in [0, 0.05) is 5.41 Å². The number of furan rings is 1.